The van der Waals surface area contributed by atoms with Crippen molar-refractivity contribution >= 4 is 12.2 Å². The molecule has 0 aliphatic carbocycles. The SMILES string of the molecule is O=Cc1ccc(COC2CCC(=O)N2)o1. The number of amides is 1. The Morgan fingerprint density at radius 1 is 1.60 bits per heavy atom. The van der Waals surface area contributed by atoms with Gasteiger partial charge in [-0.2, -0.15) is 0 Å². The average molecular weight is 209 g/mol. The number of hydrogen-bond donors (Lipinski definition) is 1. The van der Waals surface area contributed by atoms with Crippen molar-refractivity contribution in [3.05, 3.63) is 23.7 Å². The van der Waals surface area contributed by atoms with Crippen LogP contribution >= 0.6 is 0 Å². The Morgan fingerprint density at radius 3 is 3.07 bits per heavy atom. The number of ether oxygens (including phenoxy) is 1. The van der Waals surface area contributed by atoms with Crippen LogP contribution in [0, 0.1) is 0 Å². The molecule has 1 unspecified atom stereocenters. The fourth-order valence-electron chi connectivity index (χ4n) is 1.43. The second-order valence-electron chi connectivity index (χ2n) is 3.33. The number of furan rings is 1. The van der Waals surface area contributed by atoms with Crippen LogP contribution in [-0.2, 0) is 16.1 Å². The molecule has 1 fully saturated rings. The lowest BCUT2D eigenvalue weighted by atomic mass is 10.3. The third-order valence-electron chi connectivity index (χ3n) is 2.18. The molecule has 1 N–H and O–H groups in total. The summed E-state index contributed by atoms with van der Waals surface area (Å²) in [5.74, 6) is 0.871. The number of carbonyl (C=O) groups is 2. The van der Waals surface area contributed by atoms with E-state index in [1.165, 1.54) is 0 Å². The lowest BCUT2D eigenvalue weighted by Gasteiger charge is -2.09. The molecule has 2 heterocycles. The van der Waals surface area contributed by atoms with Crippen LogP contribution in [0.2, 0.25) is 0 Å². The molecule has 0 bridgehead atoms. The molecule has 0 saturated carbocycles. The highest BCUT2D eigenvalue weighted by Gasteiger charge is 2.21. The molecule has 0 aromatic carbocycles. The van der Waals surface area contributed by atoms with Gasteiger partial charge in [0.15, 0.2) is 12.0 Å². The molecule has 1 saturated heterocycles. The first-order valence-electron chi connectivity index (χ1n) is 4.73. The minimum Gasteiger partial charge on any atom is -0.456 e. The van der Waals surface area contributed by atoms with Crippen LogP contribution in [0.4, 0.5) is 0 Å². The Hall–Kier alpha value is -1.62. The maximum absolute atomic E-state index is 10.9. The maximum Gasteiger partial charge on any atom is 0.222 e. The van der Waals surface area contributed by atoms with E-state index in [-0.39, 0.29) is 24.5 Å². The fraction of sp³-hybridized carbons (Fsp3) is 0.400. The molecule has 1 aromatic heterocycles. The molecule has 1 atom stereocenters. The van der Waals surface area contributed by atoms with E-state index < -0.39 is 0 Å². The topological polar surface area (TPSA) is 68.5 Å². The minimum absolute atomic E-state index is 0.00743. The first-order chi connectivity index (χ1) is 7.28. The van der Waals surface area contributed by atoms with Crippen molar-refractivity contribution in [2.75, 3.05) is 0 Å². The van der Waals surface area contributed by atoms with E-state index in [0.717, 1.165) is 0 Å². The Morgan fingerprint density at radius 2 is 2.47 bits per heavy atom. The number of nitrogens with one attached hydrogen (secondary N) is 1. The first-order valence-corrected chi connectivity index (χ1v) is 4.73. The highest BCUT2D eigenvalue weighted by Crippen LogP contribution is 2.12. The second kappa shape index (κ2) is 4.27. The predicted molar refractivity (Wildman–Crippen MR) is 50.0 cm³/mol. The van der Waals surface area contributed by atoms with Gasteiger partial charge >= 0.3 is 0 Å². The van der Waals surface area contributed by atoms with Crippen LogP contribution in [0.25, 0.3) is 0 Å². The first kappa shape index (κ1) is 9.92. The summed E-state index contributed by atoms with van der Waals surface area (Å²) in [5, 5.41) is 2.67. The normalized spacial score (nSPS) is 20.3. The van der Waals surface area contributed by atoms with Crippen LogP contribution in [0.5, 0.6) is 0 Å². The quantitative estimate of drug-likeness (QED) is 0.746. The van der Waals surface area contributed by atoms with E-state index in [9.17, 15) is 9.59 Å². The molecule has 0 radical (unpaired) electrons. The van der Waals surface area contributed by atoms with E-state index >= 15 is 0 Å². The summed E-state index contributed by atoms with van der Waals surface area (Å²) in [6.07, 6.45) is 1.59. The van der Waals surface area contributed by atoms with Gasteiger partial charge in [-0.25, -0.2) is 0 Å². The second-order valence-corrected chi connectivity index (χ2v) is 3.33. The largest absolute Gasteiger partial charge is 0.456 e. The summed E-state index contributed by atoms with van der Waals surface area (Å²) in [7, 11) is 0. The summed E-state index contributed by atoms with van der Waals surface area (Å²) in [6, 6.07) is 3.26. The number of rotatable bonds is 4. The Bertz CT molecular complexity index is 371. The number of hydrogen-bond acceptors (Lipinski definition) is 4. The number of carbonyl (C=O) groups excluding carboxylic acids is 2. The molecule has 1 aromatic rings. The van der Waals surface area contributed by atoms with Gasteiger partial charge in [0.2, 0.25) is 5.91 Å². The third kappa shape index (κ3) is 2.44. The van der Waals surface area contributed by atoms with Crippen LogP contribution in [0.1, 0.15) is 29.2 Å². The van der Waals surface area contributed by atoms with Gasteiger partial charge in [-0.05, 0) is 12.1 Å². The van der Waals surface area contributed by atoms with Gasteiger partial charge < -0.3 is 14.5 Å². The Labute approximate surface area is 86.4 Å². The molecular weight excluding hydrogens is 198 g/mol. The summed E-state index contributed by atoms with van der Waals surface area (Å²) >= 11 is 0. The van der Waals surface area contributed by atoms with Gasteiger partial charge in [-0.3, -0.25) is 9.59 Å². The van der Waals surface area contributed by atoms with Gasteiger partial charge in [-0.1, -0.05) is 0 Å². The highest BCUT2D eigenvalue weighted by atomic mass is 16.5. The summed E-state index contributed by atoms with van der Waals surface area (Å²) in [4.78, 5) is 21.2. The summed E-state index contributed by atoms with van der Waals surface area (Å²) in [5.41, 5.74) is 0. The molecule has 5 nitrogen and oxygen atoms in total. The van der Waals surface area contributed by atoms with E-state index in [4.69, 9.17) is 9.15 Å². The standard InChI is InChI=1S/C10H11NO4/c12-5-7-1-2-8(15-7)6-14-10-4-3-9(13)11-10/h1-2,5,10H,3-4,6H2,(H,11,13). The monoisotopic (exact) mass is 209 g/mol. The van der Waals surface area contributed by atoms with Gasteiger partial charge in [0.25, 0.3) is 0 Å². The molecule has 15 heavy (non-hydrogen) atoms. The van der Waals surface area contributed by atoms with Crippen molar-refractivity contribution < 1.29 is 18.7 Å². The lowest BCUT2D eigenvalue weighted by molar-refractivity contribution is -0.121. The van der Waals surface area contributed by atoms with Crippen molar-refractivity contribution in [1.29, 1.82) is 0 Å². The zero-order valence-electron chi connectivity index (χ0n) is 8.06. The molecule has 0 spiro atoms. The van der Waals surface area contributed by atoms with Crippen molar-refractivity contribution in [2.24, 2.45) is 0 Å². The highest BCUT2D eigenvalue weighted by molar-refractivity contribution is 5.78. The zero-order valence-corrected chi connectivity index (χ0v) is 8.06. The molecule has 5 heteroatoms. The van der Waals surface area contributed by atoms with E-state index in [0.29, 0.717) is 24.9 Å². The smallest absolute Gasteiger partial charge is 0.222 e. The van der Waals surface area contributed by atoms with Gasteiger partial charge in [0, 0.05) is 12.8 Å². The molecule has 1 aliphatic heterocycles. The fourth-order valence-corrected chi connectivity index (χ4v) is 1.43. The van der Waals surface area contributed by atoms with Crippen LogP contribution in [0.15, 0.2) is 16.5 Å². The molecule has 2 rings (SSSR count). The lowest BCUT2D eigenvalue weighted by Crippen LogP contribution is -2.27. The van der Waals surface area contributed by atoms with Gasteiger partial charge in [0.1, 0.15) is 18.6 Å². The third-order valence-corrected chi connectivity index (χ3v) is 2.18. The summed E-state index contributed by atoms with van der Waals surface area (Å²) in [6.45, 7) is 0.263. The Balaban J connectivity index is 1.82. The van der Waals surface area contributed by atoms with Crippen LogP contribution < -0.4 is 5.32 Å². The predicted octanol–water partition coefficient (Wildman–Crippen LogP) is 0.845. The maximum atomic E-state index is 10.9. The van der Waals surface area contributed by atoms with Crippen LogP contribution in [0.3, 0.4) is 0 Å². The zero-order chi connectivity index (χ0) is 10.7. The van der Waals surface area contributed by atoms with E-state index in [1.54, 1.807) is 12.1 Å². The van der Waals surface area contributed by atoms with E-state index in [1.807, 2.05) is 0 Å². The van der Waals surface area contributed by atoms with E-state index in [2.05, 4.69) is 5.32 Å². The van der Waals surface area contributed by atoms with Crippen molar-refractivity contribution in [3.8, 4) is 0 Å². The molecule has 1 aliphatic rings. The van der Waals surface area contributed by atoms with Crippen molar-refractivity contribution in [1.82, 2.24) is 5.32 Å². The van der Waals surface area contributed by atoms with Crippen LogP contribution in [-0.4, -0.2) is 18.4 Å². The Kier molecular flexibility index (Phi) is 2.82. The number of aldehydes is 1. The summed E-state index contributed by atoms with van der Waals surface area (Å²) < 4.78 is 10.5. The van der Waals surface area contributed by atoms with Gasteiger partial charge in [-0.15, -0.1) is 0 Å². The minimum atomic E-state index is -0.234. The van der Waals surface area contributed by atoms with Crippen molar-refractivity contribution in [3.63, 3.8) is 0 Å². The molecule has 80 valence electrons. The average Bonchev–Trinajstić information content (AvgIpc) is 2.83. The molecule has 1 amide bonds. The molecular formula is C10H11NO4. The van der Waals surface area contributed by atoms with Gasteiger partial charge in [0.05, 0.1) is 0 Å². The van der Waals surface area contributed by atoms with Crippen molar-refractivity contribution in [2.45, 2.75) is 25.7 Å².